The van der Waals surface area contributed by atoms with Crippen LogP contribution in [-0.2, 0) is 0 Å². The molecule has 30 heavy (non-hydrogen) atoms. The molecule has 2 heterocycles. The molecule has 1 aliphatic rings. The predicted molar refractivity (Wildman–Crippen MR) is 122 cm³/mol. The number of nitrogens with one attached hydrogen (secondary N) is 2. The molecular formula is C23H30N6O. The third kappa shape index (κ3) is 3.74. The number of nitrogens with zero attached hydrogens (tertiary/aromatic N) is 2. The standard InChI is InChI=1S/C23H30N6O/c1-14-12-15(2)22(18-8-10-26-21(14)18)30-20-9-11-29(3)13-19(20)16-4-6-17(7-5-16)23(27-24)28-25/h4-8,10,12,19-20,26H,9,11,13,24-25H2,1-3H3,(H,27,28)/t19-,20?/m0/s1. The van der Waals surface area contributed by atoms with E-state index in [1.807, 2.05) is 18.3 Å². The first-order chi connectivity index (χ1) is 14.5. The molecule has 0 bridgehead atoms. The van der Waals surface area contributed by atoms with Crippen LogP contribution in [0.4, 0.5) is 0 Å². The van der Waals surface area contributed by atoms with Crippen molar-refractivity contribution in [3.05, 3.63) is 64.8 Å². The predicted octanol–water partition coefficient (Wildman–Crippen LogP) is 2.74. The number of H-pyrrole nitrogens is 1. The first-order valence-corrected chi connectivity index (χ1v) is 10.3. The highest BCUT2D eigenvalue weighted by atomic mass is 16.5. The van der Waals surface area contributed by atoms with E-state index in [9.17, 15) is 0 Å². The lowest BCUT2D eigenvalue weighted by atomic mass is 9.87. The molecule has 4 rings (SSSR count). The van der Waals surface area contributed by atoms with Crippen LogP contribution in [0.3, 0.4) is 0 Å². The van der Waals surface area contributed by atoms with Crippen LogP contribution in [0.5, 0.6) is 5.75 Å². The van der Waals surface area contributed by atoms with E-state index in [2.05, 4.69) is 65.6 Å². The van der Waals surface area contributed by atoms with Gasteiger partial charge in [0.2, 0.25) is 0 Å². The maximum atomic E-state index is 6.73. The fourth-order valence-corrected chi connectivity index (χ4v) is 4.51. The number of rotatable bonds is 4. The van der Waals surface area contributed by atoms with Crippen molar-refractivity contribution in [2.75, 3.05) is 20.1 Å². The van der Waals surface area contributed by atoms with E-state index >= 15 is 0 Å². The van der Waals surface area contributed by atoms with Gasteiger partial charge in [-0.3, -0.25) is 0 Å². The number of hydrogen-bond acceptors (Lipinski definition) is 5. The molecule has 1 aliphatic heterocycles. The molecule has 0 spiro atoms. The summed E-state index contributed by atoms with van der Waals surface area (Å²) in [6.07, 6.45) is 3.06. The molecule has 1 unspecified atom stereocenters. The number of aryl methyl sites for hydroxylation is 2. The molecule has 6 N–H and O–H groups in total. The number of benzene rings is 2. The fourth-order valence-electron chi connectivity index (χ4n) is 4.51. The lowest BCUT2D eigenvalue weighted by molar-refractivity contribution is 0.0909. The van der Waals surface area contributed by atoms with Gasteiger partial charge in [0.25, 0.3) is 0 Å². The van der Waals surface area contributed by atoms with Crippen molar-refractivity contribution >= 4 is 16.7 Å². The van der Waals surface area contributed by atoms with Crippen molar-refractivity contribution in [2.24, 2.45) is 16.8 Å². The molecule has 1 fully saturated rings. The number of hydrazine groups is 1. The average Bonchev–Trinajstić information content (AvgIpc) is 3.24. The summed E-state index contributed by atoms with van der Waals surface area (Å²) in [6, 6.07) is 12.5. The summed E-state index contributed by atoms with van der Waals surface area (Å²) in [4.78, 5) is 5.71. The number of likely N-dealkylation sites (N-methyl/N-ethyl adjacent to an activating group) is 1. The van der Waals surface area contributed by atoms with E-state index in [4.69, 9.17) is 16.4 Å². The van der Waals surface area contributed by atoms with E-state index in [1.165, 1.54) is 16.7 Å². The minimum Gasteiger partial charge on any atom is -0.489 e. The van der Waals surface area contributed by atoms with Gasteiger partial charge in [0, 0.05) is 36.2 Å². The molecule has 3 aromatic rings. The van der Waals surface area contributed by atoms with E-state index in [-0.39, 0.29) is 12.0 Å². The second-order valence-electron chi connectivity index (χ2n) is 8.16. The Bertz CT molecular complexity index is 1060. The highest BCUT2D eigenvalue weighted by Crippen LogP contribution is 2.36. The normalized spacial score (nSPS) is 20.5. The monoisotopic (exact) mass is 406 g/mol. The van der Waals surface area contributed by atoms with Crippen LogP contribution in [0.1, 0.15) is 34.6 Å². The first kappa shape index (κ1) is 20.3. The maximum absolute atomic E-state index is 6.73. The van der Waals surface area contributed by atoms with Crippen LogP contribution in [-0.4, -0.2) is 42.0 Å². The Morgan fingerprint density at radius 1 is 1.20 bits per heavy atom. The quantitative estimate of drug-likeness (QED) is 0.231. The Hall–Kier alpha value is -3.03. The molecule has 2 aromatic carbocycles. The minimum absolute atomic E-state index is 0.0989. The summed E-state index contributed by atoms with van der Waals surface area (Å²) < 4.78 is 6.73. The molecule has 0 aliphatic carbocycles. The maximum Gasteiger partial charge on any atom is 0.166 e. The topological polar surface area (TPSA) is 105 Å². The van der Waals surface area contributed by atoms with Gasteiger partial charge < -0.3 is 25.9 Å². The second kappa shape index (κ2) is 8.38. The van der Waals surface area contributed by atoms with Crippen molar-refractivity contribution in [3.63, 3.8) is 0 Å². The van der Waals surface area contributed by atoms with E-state index < -0.39 is 0 Å². The molecule has 1 aromatic heterocycles. The van der Waals surface area contributed by atoms with Crippen LogP contribution in [0, 0.1) is 13.8 Å². The summed E-state index contributed by atoms with van der Waals surface area (Å²) in [5.74, 6) is 12.6. The summed E-state index contributed by atoms with van der Waals surface area (Å²) >= 11 is 0. The van der Waals surface area contributed by atoms with Gasteiger partial charge in [0.05, 0.1) is 5.52 Å². The number of aromatic nitrogens is 1. The lowest BCUT2D eigenvalue weighted by Gasteiger charge is -2.37. The molecule has 158 valence electrons. The van der Waals surface area contributed by atoms with Crippen molar-refractivity contribution in [1.29, 1.82) is 0 Å². The van der Waals surface area contributed by atoms with Crippen LogP contribution in [0.2, 0.25) is 0 Å². The SMILES string of the molecule is Cc1cc(C)c2[nH]ccc2c1OC1CCN(C)C[C@H]1c1ccc(/C(=N/N)NN)cc1. The Kier molecular flexibility index (Phi) is 5.65. The largest absolute Gasteiger partial charge is 0.489 e. The number of fused-ring (bicyclic) bond motifs is 1. The zero-order chi connectivity index (χ0) is 21.3. The number of ether oxygens (including phenoxy) is 1. The number of amidine groups is 1. The van der Waals surface area contributed by atoms with Gasteiger partial charge in [-0.1, -0.05) is 30.3 Å². The van der Waals surface area contributed by atoms with E-state index in [0.29, 0.717) is 5.84 Å². The molecule has 0 amide bonds. The van der Waals surface area contributed by atoms with Gasteiger partial charge in [-0.2, -0.15) is 5.10 Å². The van der Waals surface area contributed by atoms with Crippen LogP contribution < -0.4 is 21.8 Å². The number of hydrazone groups is 1. The third-order valence-electron chi connectivity index (χ3n) is 6.08. The smallest absolute Gasteiger partial charge is 0.166 e. The number of likely N-dealkylation sites (tertiary alicyclic amines) is 1. The van der Waals surface area contributed by atoms with Gasteiger partial charge in [0.1, 0.15) is 11.9 Å². The van der Waals surface area contributed by atoms with Gasteiger partial charge in [-0.05, 0) is 50.1 Å². The lowest BCUT2D eigenvalue weighted by Crippen LogP contribution is -2.42. The highest BCUT2D eigenvalue weighted by molar-refractivity contribution is 5.98. The zero-order valence-electron chi connectivity index (χ0n) is 17.8. The average molecular weight is 407 g/mol. The summed E-state index contributed by atoms with van der Waals surface area (Å²) in [5, 5.41) is 4.84. The van der Waals surface area contributed by atoms with Crippen molar-refractivity contribution < 1.29 is 4.74 Å². The molecule has 2 atom stereocenters. The van der Waals surface area contributed by atoms with Gasteiger partial charge >= 0.3 is 0 Å². The first-order valence-electron chi connectivity index (χ1n) is 10.3. The van der Waals surface area contributed by atoms with Crippen LogP contribution in [0.25, 0.3) is 10.9 Å². The van der Waals surface area contributed by atoms with Crippen LogP contribution in [0.15, 0.2) is 47.7 Å². The Labute approximate surface area is 177 Å². The summed E-state index contributed by atoms with van der Waals surface area (Å²) in [5.41, 5.74) is 8.17. The Morgan fingerprint density at radius 3 is 2.67 bits per heavy atom. The number of piperidine rings is 1. The number of aromatic amines is 1. The Balaban J connectivity index is 1.65. The van der Waals surface area contributed by atoms with Crippen LogP contribution >= 0.6 is 0 Å². The number of hydrogen-bond donors (Lipinski definition) is 4. The third-order valence-corrected chi connectivity index (χ3v) is 6.08. The molecule has 0 saturated carbocycles. The van der Waals surface area contributed by atoms with E-state index in [1.54, 1.807) is 0 Å². The summed E-state index contributed by atoms with van der Waals surface area (Å²) in [6.45, 7) is 6.21. The Morgan fingerprint density at radius 2 is 1.97 bits per heavy atom. The zero-order valence-corrected chi connectivity index (χ0v) is 17.8. The fraction of sp³-hybridized carbons (Fsp3) is 0.348. The molecule has 1 saturated heterocycles. The highest BCUT2D eigenvalue weighted by Gasteiger charge is 2.31. The molecular weight excluding hydrogens is 376 g/mol. The minimum atomic E-state index is 0.0989. The summed E-state index contributed by atoms with van der Waals surface area (Å²) in [7, 11) is 2.16. The van der Waals surface area contributed by atoms with E-state index in [0.717, 1.165) is 41.7 Å². The molecule has 7 nitrogen and oxygen atoms in total. The van der Waals surface area contributed by atoms with Crippen molar-refractivity contribution in [1.82, 2.24) is 15.3 Å². The second-order valence-corrected chi connectivity index (χ2v) is 8.16. The van der Waals surface area contributed by atoms with Crippen molar-refractivity contribution in [2.45, 2.75) is 32.3 Å². The van der Waals surface area contributed by atoms with Crippen molar-refractivity contribution in [3.8, 4) is 5.75 Å². The molecule has 0 radical (unpaired) electrons. The molecule has 7 heteroatoms. The van der Waals surface area contributed by atoms with Gasteiger partial charge in [0.15, 0.2) is 5.84 Å². The van der Waals surface area contributed by atoms with Gasteiger partial charge in [-0.15, -0.1) is 0 Å². The van der Waals surface area contributed by atoms with Gasteiger partial charge in [-0.25, -0.2) is 5.84 Å². The number of nitrogens with two attached hydrogens (primary N) is 2.